The van der Waals surface area contributed by atoms with Crippen LogP contribution in [0.5, 0.6) is 11.5 Å². The summed E-state index contributed by atoms with van der Waals surface area (Å²) >= 11 is 6.02. The molecule has 186 valence electrons. The highest BCUT2D eigenvalue weighted by molar-refractivity contribution is 6.40. The van der Waals surface area contributed by atoms with Crippen molar-refractivity contribution in [2.24, 2.45) is 5.10 Å². The molecule has 0 spiro atoms. The number of nitrogens with zero attached hydrogens (tertiary/aromatic N) is 1. The number of hydrazone groups is 1. The average molecular weight is 508 g/mol. The summed E-state index contributed by atoms with van der Waals surface area (Å²) in [7, 11) is 0. The van der Waals surface area contributed by atoms with Crippen LogP contribution >= 0.6 is 11.6 Å². The molecule has 0 aliphatic heterocycles. The smallest absolute Gasteiger partial charge is 0.343 e. The molecule has 0 heterocycles. The summed E-state index contributed by atoms with van der Waals surface area (Å²) in [4.78, 5) is 36.4. The normalized spacial score (nSPS) is 10.6. The number of nitrogens with one attached hydrogen (secondary N) is 2. The van der Waals surface area contributed by atoms with Gasteiger partial charge in [0.15, 0.2) is 0 Å². The molecule has 0 unspecified atom stereocenters. The van der Waals surface area contributed by atoms with Gasteiger partial charge in [-0.05, 0) is 85.1 Å². The number of ether oxygens (including phenoxy) is 2. The van der Waals surface area contributed by atoms with Crippen LogP contribution in [0, 0.1) is 6.92 Å². The molecule has 36 heavy (non-hydrogen) atoms. The Morgan fingerprint density at radius 3 is 2.33 bits per heavy atom. The fourth-order valence-electron chi connectivity index (χ4n) is 2.95. The fourth-order valence-corrected chi connectivity index (χ4v) is 3.12. The van der Waals surface area contributed by atoms with Gasteiger partial charge in [0.1, 0.15) is 11.5 Å². The van der Waals surface area contributed by atoms with Crippen LogP contribution in [0.4, 0.5) is 5.69 Å². The Bertz CT molecular complexity index is 1240. The number of unbranched alkanes of at least 4 members (excludes halogenated alkanes) is 1. The molecule has 0 aliphatic rings. The van der Waals surface area contributed by atoms with Crippen molar-refractivity contribution in [1.82, 2.24) is 5.43 Å². The summed E-state index contributed by atoms with van der Waals surface area (Å²) in [5.74, 6) is -1.25. The number of carbonyl (C=O) groups excluding carboxylic acids is 3. The van der Waals surface area contributed by atoms with Crippen LogP contribution < -0.4 is 20.2 Å². The second kappa shape index (κ2) is 13.1. The number of carbonyl (C=O) groups is 3. The fraction of sp³-hybridized carbons (Fsp3) is 0.185. The summed E-state index contributed by atoms with van der Waals surface area (Å²) in [6.45, 7) is 4.45. The van der Waals surface area contributed by atoms with E-state index in [0.717, 1.165) is 12.8 Å². The Kier molecular flexibility index (Phi) is 9.59. The van der Waals surface area contributed by atoms with E-state index in [2.05, 4.69) is 22.8 Å². The van der Waals surface area contributed by atoms with Crippen LogP contribution in [0.3, 0.4) is 0 Å². The van der Waals surface area contributed by atoms with Gasteiger partial charge in [-0.15, -0.1) is 0 Å². The maximum absolute atomic E-state index is 12.4. The van der Waals surface area contributed by atoms with Crippen molar-refractivity contribution in [2.45, 2.75) is 26.7 Å². The molecule has 2 N–H and O–H groups in total. The number of benzene rings is 3. The van der Waals surface area contributed by atoms with E-state index in [4.69, 9.17) is 21.1 Å². The van der Waals surface area contributed by atoms with Crippen molar-refractivity contribution in [3.8, 4) is 11.5 Å². The van der Waals surface area contributed by atoms with E-state index in [9.17, 15) is 14.4 Å². The zero-order chi connectivity index (χ0) is 25.9. The van der Waals surface area contributed by atoms with Crippen molar-refractivity contribution in [1.29, 1.82) is 0 Å². The molecular weight excluding hydrogens is 482 g/mol. The Morgan fingerprint density at radius 1 is 0.944 bits per heavy atom. The Balaban J connectivity index is 1.48. The third kappa shape index (κ3) is 7.68. The first-order valence-corrected chi connectivity index (χ1v) is 11.7. The maximum atomic E-state index is 12.4. The van der Waals surface area contributed by atoms with Crippen LogP contribution in [0.1, 0.15) is 41.3 Å². The summed E-state index contributed by atoms with van der Waals surface area (Å²) < 4.78 is 11.0. The third-order valence-electron chi connectivity index (χ3n) is 5.05. The molecule has 0 saturated heterocycles. The zero-order valence-electron chi connectivity index (χ0n) is 19.9. The van der Waals surface area contributed by atoms with Gasteiger partial charge in [-0.1, -0.05) is 31.0 Å². The number of esters is 1. The molecule has 0 fully saturated rings. The molecule has 0 saturated carbocycles. The molecule has 3 aromatic carbocycles. The molecule has 0 radical (unpaired) electrons. The van der Waals surface area contributed by atoms with Gasteiger partial charge in [0.05, 0.1) is 18.4 Å². The number of hydrogen-bond acceptors (Lipinski definition) is 6. The largest absolute Gasteiger partial charge is 0.494 e. The molecule has 2 amide bonds. The number of halogens is 1. The summed E-state index contributed by atoms with van der Waals surface area (Å²) in [5, 5.41) is 6.75. The molecule has 8 nitrogen and oxygen atoms in total. The second-order valence-electron chi connectivity index (χ2n) is 7.75. The van der Waals surface area contributed by atoms with Gasteiger partial charge in [0.2, 0.25) is 0 Å². The maximum Gasteiger partial charge on any atom is 0.343 e. The van der Waals surface area contributed by atoms with Crippen LogP contribution in [0.25, 0.3) is 0 Å². The molecule has 3 rings (SSSR count). The van der Waals surface area contributed by atoms with Crippen molar-refractivity contribution in [3.05, 3.63) is 88.4 Å². The number of amides is 2. The monoisotopic (exact) mass is 507 g/mol. The van der Waals surface area contributed by atoms with E-state index >= 15 is 0 Å². The first kappa shape index (κ1) is 26.4. The van der Waals surface area contributed by atoms with E-state index in [1.807, 2.05) is 0 Å². The lowest BCUT2D eigenvalue weighted by molar-refractivity contribution is -0.136. The lowest BCUT2D eigenvalue weighted by Gasteiger charge is -2.08. The minimum atomic E-state index is -0.932. The SMILES string of the molecule is CCCCOc1ccc(C(=O)Oc2ccc(/C=N\NC(=O)C(=O)Nc3cccc(Cl)c3C)cc2)cc1. The van der Waals surface area contributed by atoms with Gasteiger partial charge in [-0.25, -0.2) is 10.2 Å². The molecule has 0 aliphatic carbocycles. The highest BCUT2D eigenvalue weighted by atomic mass is 35.5. The van der Waals surface area contributed by atoms with Gasteiger partial charge in [-0.3, -0.25) is 9.59 Å². The van der Waals surface area contributed by atoms with Gasteiger partial charge < -0.3 is 14.8 Å². The second-order valence-corrected chi connectivity index (χ2v) is 8.16. The minimum absolute atomic E-state index is 0.348. The van der Waals surface area contributed by atoms with Crippen LogP contribution in [-0.2, 0) is 9.59 Å². The summed E-state index contributed by atoms with van der Waals surface area (Å²) in [5.41, 5.74) is 4.27. The highest BCUT2D eigenvalue weighted by Gasteiger charge is 2.14. The number of rotatable bonds is 9. The molecular formula is C27H26ClN3O5. The predicted molar refractivity (Wildman–Crippen MR) is 139 cm³/mol. The molecule has 0 bridgehead atoms. The lowest BCUT2D eigenvalue weighted by Crippen LogP contribution is -2.32. The van der Waals surface area contributed by atoms with E-state index in [1.165, 1.54) is 6.21 Å². The van der Waals surface area contributed by atoms with Gasteiger partial charge in [-0.2, -0.15) is 5.10 Å². The van der Waals surface area contributed by atoms with Crippen molar-refractivity contribution in [2.75, 3.05) is 11.9 Å². The third-order valence-corrected chi connectivity index (χ3v) is 5.46. The van der Waals surface area contributed by atoms with E-state index in [-0.39, 0.29) is 0 Å². The Morgan fingerprint density at radius 2 is 1.64 bits per heavy atom. The highest BCUT2D eigenvalue weighted by Crippen LogP contribution is 2.22. The van der Waals surface area contributed by atoms with Gasteiger partial charge >= 0.3 is 17.8 Å². The van der Waals surface area contributed by atoms with Crippen LogP contribution in [-0.4, -0.2) is 30.6 Å². The Labute approximate surface area is 214 Å². The van der Waals surface area contributed by atoms with Crippen molar-refractivity contribution >= 4 is 41.3 Å². The first-order valence-electron chi connectivity index (χ1n) is 11.3. The molecule has 0 aromatic heterocycles. The standard InChI is InChI=1S/C27H26ClN3O5/c1-3-4-16-35-21-14-10-20(11-15-21)27(34)36-22-12-8-19(9-13-22)17-29-31-26(33)25(32)30-24-7-5-6-23(28)18(24)2/h5-15,17H,3-4,16H2,1-2H3,(H,30,32)(H,31,33)/b29-17-. The minimum Gasteiger partial charge on any atom is -0.494 e. The average Bonchev–Trinajstić information content (AvgIpc) is 2.88. The van der Waals surface area contributed by atoms with Crippen LogP contribution in [0.2, 0.25) is 5.02 Å². The number of hydrogen-bond donors (Lipinski definition) is 2. The molecule has 9 heteroatoms. The summed E-state index contributed by atoms with van der Waals surface area (Å²) in [6.07, 6.45) is 3.37. The van der Waals surface area contributed by atoms with E-state index in [0.29, 0.717) is 45.5 Å². The predicted octanol–water partition coefficient (Wildman–Crippen LogP) is 5.14. The first-order chi connectivity index (χ1) is 17.4. The Hall–Kier alpha value is -4.17. The lowest BCUT2D eigenvalue weighted by atomic mass is 10.2. The molecule has 0 atom stereocenters. The van der Waals surface area contributed by atoms with E-state index < -0.39 is 17.8 Å². The van der Waals surface area contributed by atoms with Crippen LogP contribution in [0.15, 0.2) is 71.8 Å². The zero-order valence-corrected chi connectivity index (χ0v) is 20.7. The van der Waals surface area contributed by atoms with Crippen molar-refractivity contribution < 1.29 is 23.9 Å². The van der Waals surface area contributed by atoms with E-state index in [1.54, 1.807) is 73.7 Å². The topological polar surface area (TPSA) is 106 Å². The summed E-state index contributed by atoms with van der Waals surface area (Å²) in [6, 6.07) is 18.3. The number of anilines is 1. The quantitative estimate of drug-likeness (QED) is 0.104. The van der Waals surface area contributed by atoms with Gasteiger partial charge in [0, 0.05) is 10.7 Å². The van der Waals surface area contributed by atoms with Gasteiger partial charge in [0.25, 0.3) is 0 Å². The molecule has 3 aromatic rings. The van der Waals surface area contributed by atoms with Crippen molar-refractivity contribution in [3.63, 3.8) is 0 Å².